The molecule has 0 aliphatic carbocycles. The molecule has 1 atom stereocenters. The molecule has 6 nitrogen and oxygen atoms in total. The lowest BCUT2D eigenvalue weighted by atomic mass is 9.96. The molecule has 0 amide bonds. The quantitative estimate of drug-likeness (QED) is 0.453. The Labute approximate surface area is 200 Å². The number of carboxylic acids is 1. The van der Waals surface area contributed by atoms with Gasteiger partial charge in [0, 0.05) is 35.5 Å². The number of hydrogen-bond donors (Lipinski definition) is 1. The topological polar surface area (TPSA) is 70.7 Å². The molecule has 3 aromatic rings. The third-order valence-electron chi connectivity index (χ3n) is 6.61. The van der Waals surface area contributed by atoms with Crippen LogP contribution in [0.5, 0.6) is 0 Å². The number of rotatable bonds is 5. The van der Waals surface area contributed by atoms with E-state index in [9.17, 15) is 27.5 Å². The fourth-order valence-electron chi connectivity index (χ4n) is 4.98. The molecule has 1 aromatic carbocycles. The number of alkyl halides is 3. The molecular weight excluding hydrogens is 464 g/mol. The number of piperidine rings is 1. The van der Waals surface area contributed by atoms with Gasteiger partial charge in [-0.3, -0.25) is 4.79 Å². The Bertz CT molecular complexity index is 1280. The molecule has 3 heterocycles. The van der Waals surface area contributed by atoms with Crippen molar-refractivity contribution in [3.63, 3.8) is 0 Å². The number of fused-ring (bicyclic) bond motifs is 1. The van der Waals surface area contributed by atoms with Crippen molar-refractivity contribution in [2.45, 2.75) is 59.1 Å². The highest BCUT2D eigenvalue weighted by Gasteiger charge is 2.33. The fraction of sp³-hybridized carbons (Fsp3) is 0.480. The highest BCUT2D eigenvalue weighted by Crippen LogP contribution is 2.38. The minimum Gasteiger partial charge on any atom is -0.481 e. The van der Waals surface area contributed by atoms with Crippen molar-refractivity contribution in [2.75, 3.05) is 18.0 Å². The molecule has 35 heavy (non-hydrogen) atoms. The molecule has 1 unspecified atom stereocenters. The van der Waals surface area contributed by atoms with E-state index in [1.54, 1.807) is 4.52 Å². The number of nitrogens with zero attached hydrogens (tertiary/aromatic N) is 4. The van der Waals surface area contributed by atoms with E-state index in [1.807, 2.05) is 32.6 Å². The Hall–Kier alpha value is -3.17. The van der Waals surface area contributed by atoms with Gasteiger partial charge in [-0.2, -0.15) is 22.8 Å². The lowest BCUT2D eigenvalue weighted by Gasteiger charge is -2.34. The van der Waals surface area contributed by atoms with Crippen LogP contribution in [0.15, 0.2) is 18.2 Å². The minimum atomic E-state index is -4.65. The zero-order chi connectivity index (χ0) is 25.7. The molecule has 1 saturated heterocycles. The van der Waals surface area contributed by atoms with Gasteiger partial charge in [-0.1, -0.05) is 20.8 Å². The number of carbonyl (C=O) groups is 1. The van der Waals surface area contributed by atoms with Crippen LogP contribution in [0.2, 0.25) is 0 Å². The standard InChI is InChI=1S/C25H28F4N4O2/c1-5-17-21(18-9-8-16(11-19(18)26)25(27,28)29)31-33-22(17)30-14(4)20(13(2)3)23(33)32-10-6-7-15(12-32)24(34)35/h8-9,11,13,15H,5-7,10,12H2,1-4H3,(H,34,35). The molecular formula is C25H28F4N4O2. The van der Waals surface area contributed by atoms with Crippen molar-refractivity contribution in [3.05, 3.63) is 46.4 Å². The van der Waals surface area contributed by atoms with Gasteiger partial charge < -0.3 is 10.0 Å². The molecule has 1 aliphatic heterocycles. The lowest BCUT2D eigenvalue weighted by Crippen LogP contribution is -2.40. The molecule has 1 N–H and O–H groups in total. The Balaban J connectivity index is 1.97. The van der Waals surface area contributed by atoms with E-state index in [4.69, 9.17) is 4.98 Å². The maximum absolute atomic E-state index is 14.9. The first-order valence-corrected chi connectivity index (χ1v) is 11.7. The molecule has 4 rings (SSSR count). The molecule has 1 fully saturated rings. The fourth-order valence-corrected chi connectivity index (χ4v) is 4.98. The van der Waals surface area contributed by atoms with Crippen LogP contribution >= 0.6 is 0 Å². The van der Waals surface area contributed by atoms with Crippen LogP contribution in [0.3, 0.4) is 0 Å². The first-order chi connectivity index (χ1) is 16.4. The number of aromatic nitrogens is 3. The number of carboxylic acid groups (broad SMARTS) is 1. The van der Waals surface area contributed by atoms with Crippen molar-refractivity contribution in [1.29, 1.82) is 0 Å². The van der Waals surface area contributed by atoms with Gasteiger partial charge in [0.1, 0.15) is 17.3 Å². The van der Waals surface area contributed by atoms with Gasteiger partial charge in [0.2, 0.25) is 0 Å². The SMILES string of the molecule is CCc1c(-c2ccc(C(F)(F)F)cc2F)nn2c(N3CCCC(C(=O)O)C3)c(C(C)C)c(C)nc12. The third-order valence-corrected chi connectivity index (χ3v) is 6.61. The average Bonchev–Trinajstić information content (AvgIpc) is 3.14. The molecule has 0 bridgehead atoms. The van der Waals surface area contributed by atoms with Crippen molar-refractivity contribution < 1.29 is 27.5 Å². The summed E-state index contributed by atoms with van der Waals surface area (Å²) in [4.78, 5) is 18.5. The van der Waals surface area contributed by atoms with Crippen molar-refractivity contribution in [1.82, 2.24) is 14.6 Å². The van der Waals surface area contributed by atoms with Gasteiger partial charge in [-0.25, -0.2) is 9.37 Å². The second-order valence-electron chi connectivity index (χ2n) is 9.32. The molecule has 0 saturated carbocycles. The van der Waals surface area contributed by atoms with Crippen LogP contribution in [0.4, 0.5) is 23.4 Å². The summed E-state index contributed by atoms with van der Waals surface area (Å²) < 4.78 is 55.8. The van der Waals surface area contributed by atoms with E-state index >= 15 is 0 Å². The second-order valence-corrected chi connectivity index (χ2v) is 9.32. The van der Waals surface area contributed by atoms with Crippen LogP contribution in [-0.2, 0) is 17.4 Å². The van der Waals surface area contributed by atoms with Crippen LogP contribution in [0.25, 0.3) is 16.9 Å². The summed E-state index contributed by atoms with van der Waals surface area (Å²) in [6.45, 7) is 8.70. The van der Waals surface area contributed by atoms with Crippen molar-refractivity contribution >= 4 is 17.4 Å². The predicted octanol–water partition coefficient (Wildman–Crippen LogP) is 5.85. The molecule has 0 radical (unpaired) electrons. The van der Waals surface area contributed by atoms with Gasteiger partial charge in [0.25, 0.3) is 0 Å². The van der Waals surface area contributed by atoms with Crippen molar-refractivity contribution in [3.8, 4) is 11.3 Å². The van der Waals surface area contributed by atoms with E-state index in [1.165, 1.54) is 0 Å². The maximum atomic E-state index is 14.9. The van der Waals surface area contributed by atoms with Crippen LogP contribution < -0.4 is 4.90 Å². The Morgan fingerprint density at radius 3 is 2.57 bits per heavy atom. The lowest BCUT2D eigenvalue weighted by molar-refractivity contribution is -0.142. The molecule has 10 heteroatoms. The molecule has 1 aliphatic rings. The largest absolute Gasteiger partial charge is 0.481 e. The maximum Gasteiger partial charge on any atom is 0.416 e. The Morgan fingerprint density at radius 1 is 1.29 bits per heavy atom. The van der Waals surface area contributed by atoms with Gasteiger partial charge >= 0.3 is 12.1 Å². The predicted molar refractivity (Wildman–Crippen MR) is 124 cm³/mol. The third kappa shape index (κ3) is 4.46. The van der Waals surface area contributed by atoms with Crippen LogP contribution in [0.1, 0.15) is 61.9 Å². The first-order valence-electron chi connectivity index (χ1n) is 11.7. The van der Waals surface area contributed by atoms with E-state index < -0.39 is 29.4 Å². The number of hydrogen-bond acceptors (Lipinski definition) is 4. The van der Waals surface area contributed by atoms with Gasteiger partial charge in [-0.15, -0.1) is 0 Å². The van der Waals surface area contributed by atoms with Crippen LogP contribution in [-0.4, -0.2) is 38.8 Å². The number of aryl methyl sites for hydroxylation is 2. The Kier molecular flexibility index (Phi) is 6.50. The highest BCUT2D eigenvalue weighted by molar-refractivity contribution is 5.75. The normalized spacial score (nSPS) is 16.9. The second kappa shape index (κ2) is 9.13. The van der Waals surface area contributed by atoms with Gasteiger partial charge in [0.15, 0.2) is 5.65 Å². The monoisotopic (exact) mass is 492 g/mol. The molecule has 0 spiro atoms. The van der Waals surface area contributed by atoms with Crippen molar-refractivity contribution in [2.24, 2.45) is 5.92 Å². The average molecular weight is 493 g/mol. The van der Waals surface area contributed by atoms with Gasteiger partial charge in [-0.05, 0) is 50.3 Å². The van der Waals surface area contributed by atoms with Gasteiger partial charge in [0.05, 0.1) is 11.5 Å². The van der Waals surface area contributed by atoms with E-state index in [0.29, 0.717) is 55.4 Å². The number of anilines is 1. The van der Waals surface area contributed by atoms with E-state index in [-0.39, 0.29) is 17.2 Å². The van der Waals surface area contributed by atoms with E-state index in [0.717, 1.165) is 23.4 Å². The number of halogens is 4. The summed E-state index contributed by atoms with van der Waals surface area (Å²) >= 11 is 0. The first kappa shape index (κ1) is 24.9. The zero-order valence-corrected chi connectivity index (χ0v) is 20.1. The summed E-state index contributed by atoms with van der Waals surface area (Å²) in [7, 11) is 0. The summed E-state index contributed by atoms with van der Waals surface area (Å²) in [5, 5.41) is 14.3. The van der Waals surface area contributed by atoms with Crippen LogP contribution in [0, 0.1) is 18.7 Å². The smallest absolute Gasteiger partial charge is 0.416 e. The minimum absolute atomic E-state index is 0.0305. The zero-order valence-electron chi connectivity index (χ0n) is 20.1. The molecule has 188 valence electrons. The molecule has 2 aromatic heterocycles. The number of aliphatic carboxylic acids is 1. The summed E-state index contributed by atoms with van der Waals surface area (Å²) in [6.07, 6.45) is -2.94. The highest BCUT2D eigenvalue weighted by atomic mass is 19.4. The van der Waals surface area contributed by atoms with E-state index in [2.05, 4.69) is 5.10 Å². The number of benzene rings is 1. The summed E-state index contributed by atoms with van der Waals surface area (Å²) in [6, 6.07) is 2.44. The Morgan fingerprint density at radius 2 is 2.00 bits per heavy atom. The summed E-state index contributed by atoms with van der Waals surface area (Å²) in [5.41, 5.74) is 1.93. The summed E-state index contributed by atoms with van der Waals surface area (Å²) in [5.74, 6) is -1.64.